The second-order valence-corrected chi connectivity index (χ2v) is 6.68. The average molecular weight is 340 g/mol. The van der Waals surface area contributed by atoms with Crippen LogP contribution in [-0.2, 0) is 4.79 Å². The van der Waals surface area contributed by atoms with Crippen molar-refractivity contribution in [1.29, 1.82) is 0 Å². The number of amides is 1. The van der Waals surface area contributed by atoms with Gasteiger partial charge in [-0.2, -0.15) is 0 Å². The van der Waals surface area contributed by atoms with Gasteiger partial charge in [-0.05, 0) is 25.2 Å². The lowest BCUT2D eigenvalue weighted by molar-refractivity contribution is -0.137. The molecule has 1 aromatic rings. The van der Waals surface area contributed by atoms with E-state index in [-0.39, 0.29) is 34.9 Å². The summed E-state index contributed by atoms with van der Waals surface area (Å²) >= 11 is 6.10. The summed E-state index contributed by atoms with van der Waals surface area (Å²) in [7, 11) is 0. The maximum absolute atomic E-state index is 12.7. The first kappa shape index (κ1) is 17.7. The van der Waals surface area contributed by atoms with Gasteiger partial charge in [0.05, 0.1) is 11.2 Å². The molecule has 1 atom stereocenters. The number of aliphatic carboxylic acids is 1. The van der Waals surface area contributed by atoms with E-state index in [4.69, 9.17) is 16.7 Å². The predicted molar refractivity (Wildman–Crippen MR) is 86.6 cm³/mol. The number of carbonyl (C=O) groups is 2. The van der Waals surface area contributed by atoms with Crippen molar-refractivity contribution in [3.05, 3.63) is 22.7 Å². The maximum Gasteiger partial charge on any atom is 0.303 e. The summed E-state index contributed by atoms with van der Waals surface area (Å²) in [6.07, 6.45) is 4.02. The van der Waals surface area contributed by atoms with Gasteiger partial charge in [-0.1, -0.05) is 25.4 Å². The zero-order valence-corrected chi connectivity index (χ0v) is 14.2. The zero-order chi connectivity index (χ0) is 17.0. The van der Waals surface area contributed by atoms with Crippen LogP contribution >= 0.6 is 11.6 Å². The number of hydrogen-bond acceptors (Lipinski definition) is 4. The second-order valence-electron chi connectivity index (χ2n) is 6.27. The Morgan fingerprint density at radius 3 is 2.87 bits per heavy atom. The molecule has 2 rings (SSSR count). The summed E-state index contributed by atoms with van der Waals surface area (Å²) < 4.78 is 0. The van der Waals surface area contributed by atoms with E-state index in [1.807, 2.05) is 13.8 Å². The molecule has 1 aliphatic heterocycles. The molecule has 1 N–H and O–H groups in total. The van der Waals surface area contributed by atoms with Crippen molar-refractivity contribution < 1.29 is 14.7 Å². The van der Waals surface area contributed by atoms with E-state index in [1.54, 1.807) is 4.90 Å². The first-order valence-electron chi connectivity index (χ1n) is 7.92. The van der Waals surface area contributed by atoms with E-state index < -0.39 is 5.97 Å². The topological polar surface area (TPSA) is 83.4 Å². The van der Waals surface area contributed by atoms with E-state index in [0.29, 0.717) is 25.3 Å². The third-order valence-corrected chi connectivity index (χ3v) is 4.33. The van der Waals surface area contributed by atoms with Crippen LogP contribution in [0.1, 0.15) is 61.8 Å². The maximum atomic E-state index is 12.7. The van der Waals surface area contributed by atoms with Crippen LogP contribution in [0.3, 0.4) is 0 Å². The lowest BCUT2D eigenvalue weighted by Gasteiger charge is -2.32. The summed E-state index contributed by atoms with van der Waals surface area (Å²) in [6, 6.07) is 0. The second kappa shape index (κ2) is 7.73. The van der Waals surface area contributed by atoms with Gasteiger partial charge in [-0.25, -0.2) is 9.97 Å². The molecule has 126 valence electrons. The smallest absolute Gasteiger partial charge is 0.303 e. The van der Waals surface area contributed by atoms with Crippen molar-refractivity contribution >= 4 is 23.5 Å². The highest BCUT2D eigenvalue weighted by atomic mass is 35.5. The molecule has 1 aliphatic rings. The number of carbonyl (C=O) groups excluding carboxylic acids is 1. The van der Waals surface area contributed by atoms with Crippen molar-refractivity contribution in [2.75, 3.05) is 13.1 Å². The Labute approximate surface area is 140 Å². The molecular formula is C16H22ClN3O3. The van der Waals surface area contributed by atoms with Gasteiger partial charge in [0.25, 0.3) is 5.91 Å². The Morgan fingerprint density at radius 2 is 2.22 bits per heavy atom. The Balaban J connectivity index is 2.10. The van der Waals surface area contributed by atoms with E-state index in [0.717, 1.165) is 12.8 Å². The standard InChI is InChI=1S/C16H22ClN3O3/c1-10(2)15-18-8-12(17)14(19-15)16(23)20-7-3-4-11(9-20)5-6-13(21)22/h8,10-11H,3-7,9H2,1-2H3,(H,21,22)/t11-/m0/s1. The van der Waals surface area contributed by atoms with Crippen molar-refractivity contribution in [3.8, 4) is 0 Å². The molecule has 0 spiro atoms. The molecule has 0 saturated carbocycles. The van der Waals surface area contributed by atoms with Crippen LogP contribution in [0, 0.1) is 5.92 Å². The van der Waals surface area contributed by atoms with Gasteiger partial charge in [-0.3, -0.25) is 9.59 Å². The van der Waals surface area contributed by atoms with Gasteiger partial charge >= 0.3 is 5.97 Å². The predicted octanol–water partition coefficient (Wildman–Crippen LogP) is 2.97. The molecule has 1 saturated heterocycles. The van der Waals surface area contributed by atoms with Gasteiger partial charge in [0.15, 0.2) is 5.69 Å². The molecule has 0 bridgehead atoms. The number of rotatable bonds is 5. The number of likely N-dealkylation sites (tertiary alicyclic amines) is 1. The van der Waals surface area contributed by atoms with Crippen molar-refractivity contribution in [2.45, 2.75) is 45.4 Å². The van der Waals surface area contributed by atoms with Gasteiger partial charge < -0.3 is 10.0 Å². The van der Waals surface area contributed by atoms with Gasteiger partial charge in [0.2, 0.25) is 0 Å². The molecule has 0 radical (unpaired) electrons. The summed E-state index contributed by atoms with van der Waals surface area (Å²) in [5.74, 6) is -0.0668. The number of carboxylic acids is 1. The summed E-state index contributed by atoms with van der Waals surface area (Å²) in [5, 5.41) is 9.06. The van der Waals surface area contributed by atoms with Crippen molar-refractivity contribution in [2.24, 2.45) is 5.92 Å². The fourth-order valence-electron chi connectivity index (χ4n) is 2.77. The van der Waals surface area contributed by atoms with Gasteiger partial charge in [0.1, 0.15) is 5.82 Å². The molecule has 0 aromatic carbocycles. The summed E-state index contributed by atoms with van der Waals surface area (Å²) in [6.45, 7) is 5.13. The third-order valence-electron chi connectivity index (χ3n) is 4.05. The number of halogens is 1. The third kappa shape index (κ3) is 4.64. The van der Waals surface area contributed by atoms with Crippen LogP contribution in [0.15, 0.2) is 6.20 Å². The molecule has 7 heteroatoms. The molecule has 23 heavy (non-hydrogen) atoms. The normalized spacial score (nSPS) is 18.3. The highest BCUT2D eigenvalue weighted by molar-refractivity contribution is 6.33. The molecular weight excluding hydrogens is 318 g/mol. The highest BCUT2D eigenvalue weighted by Crippen LogP contribution is 2.24. The number of aromatic nitrogens is 2. The van der Waals surface area contributed by atoms with Crippen LogP contribution in [0.4, 0.5) is 0 Å². The molecule has 6 nitrogen and oxygen atoms in total. The minimum Gasteiger partial charge on any atom is -0.481 e. The number of carboxylic acid groups (broad SMARTS) is 1. The lowest BCUT2D eigenvalue weighted by atomic mass is 9.93. The number of hydrogen-bond donors (Lipinski definition) is 1. The van der Waals surface area contributed by atoms with Crippen LogP contribution in [0.25, 0.3) is 0 Å². The zero-order valence-electron chi connectivity index (χ0n) is 13.5. The SMILES string of the molecule is CC(C)c1ncc(Cl)c(C(=O)N2CCC[C@@H](CCC(=O)O)C2)n1. The number of nitrogens with zero attached hydrogens (tertiary/aromatic N) is 3. The number of piperidine rings is 1. The van der Waals surface area contributed by atoms with Crippen LogP contribution in [-0.4, -0.2) is 44.9 Å². The van der Waals surface area contributed by atoms with E-state index in [2.05, 4.69) is 9.97 Å². The van der Waals surface area contributed by atoms with E-state index in [9.17, 15) is 9.59 Å². The van der Waals surface area contributed by atoms with Crippen LogP contribution in [0.2, 0.25) is 5.02 Å². The van der Waals surface area contributed by atoms with Crippen LogP contribution in [0.5, 0.6) is 0 Å². The van der Waals surface area contributed by atoms with Crippen LogP contribution < -0.4 is 0 Å². The highest BCUT2D eigenvalue weighted by Gasteiger charge is 2.27. The van der Waals surface area contributed by atoms with Crippen molar-refractivity contribution in [3.63, 3.8) is 0 Å². The molecule has 1 fully saturated rings. The molecule has 0 aliphatic carbocycles. The average Bonchev–Trinajstić information content (AvgIpc) is 2.52. The lowest BCUT2D eigenvalue weighted by Crippen LogP contribution is -2.40. The monoisotopic (exact) mass is 339 g/mol. The Bertz CT molecular complexity index is 592. The molecule has 1 aromatic heterocycles. The molecule has 0 unspecified atom stereocenters. The van der Waals surface area contributed by atoms with E-state index in [1.165, 1.54) is 6.20 Å². The first-order chi connectivity index (χ1) is 10.9. The van der Waals surface area contributed by atoms with E-state index >= 15 is 0 Å². The first-order valence-corrected chi connectivity index (χ1v) is 8.29. The Morgan fingerprint density at radius 1 is 1.48 bits per heavy atom. The minimum absolute atomic E-state index is 0.114. The summed E-state index contributed by atoms with van der Waals surface area (Å²) in [5.41, 5.74) is 0.240. The largest absolute Gasteiger partial charge is 0.481 e. The fraction of sp³-hybridized carbons (Fsp3) is 0.625. The van der Waals surface area contributed by atoms with Crippen molar-refractivity contribution in [1.82, 2.24) is 14.9 Å². The fourth-order valence-corrected chi connectivity index (χ4v) is 2.94. The molecule has 1 amide bonds. The summed E-state index contributed by atoms with van der Waals surface area (Å²) in [4.78, 5) is 33.6. The molecule has 2 heterocycles. The Hall–Kier alpha value is -1.69. The van der Waals surface area contributed by atoms with Gasteiger partial charge in [0, 0.05) is 25.4 Å². The minimum atomic E-state index is -0.797. The Kier molecular flexibility index (Phi) is 5.93. The quantitative estimate of drug-likeness (QED) is 0.891. The van der Waals surface area contributed by atoms with Gasteiger partial charge in [-0.15, -0.1) is 0 Å².